The van der Waals surface area contributed by atoms with Crippen molar-refractivity contribution in [3.05, 3.63) is 95.1 Å². The Morgan fingerprint density at radius 2 is 1.90 bits per heavy atom. The molecule has 0 radical (unpaired) electrons. The molecule has 4 rings (SSSR count). The van der Waals surface area contributed by atoms with Crippen LogP contribution in [0.15, 0.2) is 61.3 Å². The lowest BCUT2D eigenvalue weighted by molar-refractivity contribution is -0.142. The molecular formula is C30H33F4N5O3. The zero-order valence-corrected chi connectivity index (χ0v) is 23.6. The Labute approximate surface area is 241 Å². The number of nitrogens with zero attached hydrogens (tertiary/aromatic N) is 4. The summed E-state index contributed by atoms with van der Waals surface area (Å²) < 4.78 is 61.4. The summed E-state index contributed by atoms with van der Waals surface area (Å²) in [5, 5.41) is 5.94. The van der Waals surface area contributed by atoms with Crippen molar-refractivity contribution >= 4 is 11.8 Å². The molecule has 0 saturated carbocycles. The number of aryl methyl sites for hydroxylation is 2. The van der Waals surface area contributed by atoms with E-state index in [0.29, 0.717) is 43.1 Å². The number of carbonyl (C=O) groups is 2. The zero-order chi connectivity index (χ0) is 30.6. The maximum atomic E-state index is 14.5. The van der Waals surface area contributed by atoms with Gasteiger partial charge in [0, 0.05) is 63.1 Å². The molecule has 2 atom stereocenters. The number of hydrogen-bond acceptors (Lipinski definition) is 5. The maximum Gasteiger partial charge on any atom is 0.435 e. The van der Waals surface area contributed by atoms with Crippen LogP contribution in [0.2, 0.25) is 0 Å². The summed E-state index contributed by atoms with van der Waals surface area (Å²) in [6.07, 6.45) is -2.67. The molecular weight excluding hydrogens is 554 g/mol. The van der Waals surface area contributed by atoms with Crippen LogP contribution in [-0.4, -0.2) is 63.6 Å². The molecule has 2 heterocycles. The molecule has 42 heavy (non-hydrogen) atoms. The number of benzene rings is 2. The average molecular weight is 588 g/mol. The summed E-state index contributed by atoms with van der Waals surface area (Å²) in [5.74, 6) is -0.611. The molecule has 0 aliphatic carbocycles. The second-order valence-electron chi connectivity index (χ2n) is 10.3. The minimum Gasteiger partial charge on any atom is -0.484 e. The number of amides is 2. The summed E-state index contributed by atoms with van der Waals surface area (Å²) in [5.41, 5.74) is 0.182. The predicted octanol–water partition coefficient (Wildman–Crippen LogP) is 4.66. The lowest BCUT2D eigenvalue weighted by Gasteiger charge is -2.40. The molecule has 2 amide bonds. The van der Waals surface area contributed by atoms with Gasteiger partial charge in [-0.3, -0.25) is 19.2 Å². The first kappa shape index (κ1) is 30.8. The van der Waals surface area contributed by atoms with Gasteiger partial charge in [-0.15, -0.1) is 0 Å². The number of halogens is 4. The summed E-state index contributed by atoms with van der Waals surface area (Å²) >= 11 is 0. The minimum absolute atomic E-state index is 0.0451. The summed E-state index contributed by atoms with van der Waals surface area (Å²) in [6, 6.07) is 11.1. The van der Waals surface area contributed by atoms with Gasteiger partial charge in [0.2, 0.25) is 5.91 Å². The second kappa shape index (κ2) is 12.8. The molecule has 8 nitrogen and oxygen atoms in total. The van der Waals surface area contributed by atoms with E-state index in [9.17, 15) is 27.2 Å². The summed E-state index contributed by atoms with van der Waals surface area (Å²) in [4.78, 5) is 28.7. The fourth-order valence-electron chi connectivity index (χ4n) is 4.93. The molecule has 2 aromatic carbocycles. The summed E-state index contributed by atoms with van der Waals surface area (Å²) in [6.45, 7) is 9.00. The first-order valence-corrected chi connectivity index (χ1v) is 13.4. The van der Waals surface area contributed by atoms with Crippen LogP contribution in [0.4, 0.5) is 17.6 Å². The topological polar surface area (TPSA) is 79.7 Å². The zero-order valence-electron chi connectivity index (χ0n) is 23.6. The fraction of sp³-hybridized carbons (Fsp3) is 0.367. The SMILES string of the molecule is C=CC(=O)N1CCN(C[C@H](Oc2ccc(C(=O)NCc3cn(C)nc3C(F)(F)F)cc2)c2ccc(C)c(F)c2)C[C@H]1C. The van der Waals surface area contributed by atoms with Crippen LogP contribution in [0.25, 0.3) is 0 Å². The molecule has 1 aliphatic heterocycles. The van der Waals surface area contributed by atoms with Crippen LogP contribution in [0, 0.1) is 12.7 Å². The molecule has 0 spiro atoms. The van der Waals surface area contributed by atoms with E-state index in [1.165, 1.54) is 37.5 Å². The van der Waals surface area contributed by atoms with Crippen molar-refractivity contribution in [1.29, 1.82) is 0 Å². The molecule has 3 aromatic rings. The molecule has 224 valence electrons. The van der Waals surface area contributed by atoms with Crippen LogP contribution in [-0.2, 0) is 24.6 Å². The van der Waals surface area contributed by atoms with Gasteiger partial charge in [-0.05, 0) is 61.4 Å². The van der Waals surface area contributed by atoms with Gasteiger partial charge in [0.05, 0.1) is 0 Å². The molecule has 1 saturated heterocycles. The fourth-order valence-corrected chi connectivity index (χ4v) is 4.93. The van der Waals surface area contributed by atoms with E-state index < -0.39 is 23.9 Å². The number of piperazine rings is 1. The Bertz CT molecular complexity index is 1440. The predicted molar refractivity (Wildman–Crippen MR) is 148 cm³/mol. The molecule has 1 aromatic heterocycles. The number of hydrogen-bond donors (Lipinski definition) is 1. The van der Waals surface area contributed by atoms with Crippen molar-refractivity contribution in [2.45, 2.75) is 38.7 Å². The average Bonchev–Trinajstić information content (AvgIpc) is 3.34. The van der Waals surface area contributed by atoms with Crippen LogP contribution < -0.4 is 10.1 Å². The van der Waals surface area contributed by atoms with Crippen molar-refractivity contribution in [1.82, 2.24) is 24.9 Å². The van der Waals surface area contributed by atoms with Crippen molar-refractivity contribution in [3.63, 3.8) is 0 Å². The van der Waals surface area contributed by atoms with Crippen molar-refractivity contribution < 1.29 is 31.9 Å². The van der Waals surface area contributed by atoms with Crippen molar-refractivity contribution in [2.24, 2.45) is 7.05 Å². The van der Waals surface area contributed by atoms with Gasteiger partial charge in [0.25, 0.3) is 5.91 Å². The van der Waals surface area contributed by atoms with E-state index in [1.54, 1.807) is 36.1 Å². The quantitative estimate of drug-likeness (QED) is 0.291. The third-order valence-electron chi connectivity index (χ3n) is 7.17. The van der Waals surface area contributed by atoms with E-state index in [0.717, 1.165) is 4.68 Å². The number of nitrogens with one attached hydrogen (secondary N) is 1. The number of rotatable bonds is 9. The highest BCUT2D eigenvalue weighted by Gasteiger charge is 2.37. The Hall–Kier alpha value is -4.19. The number of ether oxygens (including phenoxy) is 1. The van der Waals surface area contributed by atoms with Crippen LogP contribution in [0.1, 0.15) is 45.8 Å². The molecule has 1 aliphatic rings. The van der Waals surface area contributed by atoms with Gasteiger partial charge < -0.3 is 15.0 Å². The van der Waals surface area contributed by atoms with Crippen LogP contribution in [0.5, 0.6) is 5.75 Å². The van der Waals surface area contributed by atoms with E-state index in [-0.39, 0.29) is 35.4 Å². The van der Waals surface area contributed by atoms with E-state index in [4.69, 9.17) is 4.74 Å². The normalized spacial score (nSPS) is 16.6. The van der Waals surface area contributed by atoms with Crippen molar-refractivity contribution in [3.8, 4) is 5.75 Å². The minimum atomic E-state index is -4.63. The van der Waals surface area contributed by atoms with Crippen molar-refractivity contribution in [2.75, 3.05) is 26.2 Å². The Morgan fingerprint density at radius 3 is 2.52 bits per heavy atom. The first-order chi connectivity index (χ1) is 19.8. The highest BCUT2D eigenvalue weighted by atomic mass is 19.4. The summed E-state index contributed by atoms with van der Waals surface area (Å²) in [7, 11) is 1.38. The molecule has 0 unspecified atom stereocenters. The second-order valence-corrected chi connectivity index (χ2v) is 10.3. The highest BCUT2D eigenvalue weighted by Crippen LogP contribution is 2.31. The lowest BCUT2D eigenvalue weighted by atomic mass is 10.0. The monoisotopic (exact) mass is 587 g/mol. The smallest absolute Gasteiger partial charge is 0.435 e. The van der Waals surface area contributed by atoms with E-state index >= 15 is 0 Å². The third kappa shape index (κ3) is 7.35. The number of aromatic nitrogens is 2. The standard InChI is InChI=1S/C30H33F4N5O3/c1-5-27(40)39-13-12-38(16-20(39)3)18-26(22-7-6-19(2)25(31)14-22)42-24-10-8-21(9-11-24)29(41)35-15-23-17-37(4)36-28(23)30(32,33)34/h5-11,14,17,20,26H,1,12-13,15-16,18H2,2-4H3,(H,35,41)/t20-,26+/m1/s1. The highest BCUT2D eigenvalue weighted by molar-refractivity contribution is 5.94. The van der Waals surface area contributed by atoms with E-state index in [1.807, 2.05) is 6.92 Å². The van der Waals surface area contributed by atoms with E-state index in [2.05, 4.69) is 21.9 Å². The third-order valence-corrected chi connectivity index (χ3v) is 7.17. The largest absolute Gasteiger partial charge is 0.484 e. The first-order valence-electron chi connectivity index (χ1n) is 13.4. The Balaban J connectivity index is 1.45. The van der Waals surface area contributed by atoms with Crippen LogP contribution in [0.3, 0.4) is 0 Å². The number of carbonyl (C=O) groups excluding carboxylic acids is 2. The molecule has 1 N–H and O–H groups in total. The van der Waals surface area contributed by atoms with Gasteiger partial charge >= 0.3 is 6.18 Å². The Morgan fingerprint density at radius 1 is 1.19 bits per heavy atom. The molecule has 12 heteroatoms. The Kier molecular flexibility index (Phi) is 9.35. The van der Waals surface area contributed by atoms with Gasteiger partial charge in [0.1, 0.15) is 17.7 Å². The molecule has 1 fully saturated rings. The number of alkyl halides is 3. The van der Waals surface area contributed by atoms with Crippen LogP contribution >= 0.6 is 0 Å². The van der Waals surface area contributed by atoms with Gasteiger partial charge in [0.15, 0.2) is 5.69 Å². The van der Waals surface area contributed by atoms with Gasteiger partial charge in [-0.1, -0.05) is 18.7 Å². The van der Waals surface area contributed by atoms with Gasteiger partial charge in [-0.25, -0.2) is 4.39 Å². The molecule has 0 bridgehead atoms. The lowest BCUT2D eigenvalue weighted by Crippen LogP contribution is -2.54. The van der Waals surface area contributed by atoms with Gasteiger partial charge in [-0.2, -0.15) is 18.3 Å². The maximum absolute atomic E-state index is 14.5.